The number of ketones is 1. The van der Waals surface area contributed by atoms with Crippen LogP contribution in [0.2, 0.25) is 0 Å². The van der Waals surface area contributed by atoms with E-state index in [1.807, 2.05) is 0 Å². The fraction of sp³-hybridized carbons (Fsp3) is 0.308. The van der Waals surface area contributed by atoms with Gasteiger partial charge in [0.2, 0.25) is 0 Å². The Bertz CT molecular complexity index is 606. The Hall–Kier alpha value is -2.40. The van der Waals surface area contributed by atoms with Crippen LogP contribution in [0.15, 0.2) is 24.3 Å². The van der Waals surface area contributed by atoms with Crippen molar-refractivity contribution in [3.8, 4) is 6.07 Å². The first-order valence-corrected chi connectivity index (χ1v) is 5.56. The van der Waals surface area contributed by atoms with Gasteiger partial charge in [-0.2, -0.15) is 18.4 Å². The van der Waals surface area contributed by atoms with Crippen LogP contribution in [0.3, 0.4) is 0 Å². The largest absolute Gasteiger partial charge is 0.467 e. The molecule has 0 aliphatic rings. The molecule has 0 unspecified atom stereocenters. The zero-order valence-electron chi connectivity index (χ0n) is 10.8. The van der Waals surface area contributed by atoms with Gasteiger partial charge in [0.15, 0.2) is 5.78 Å². The fourth-order valence-corrected chi connectivity index (χ4v) is 1.55. The van der Waals surface area contributed by atoms with Crippen molar-refractivity contribution >= 4 is 11.8 Å². The smallest absolute Gasteiger partial charge is 0.428 e. The van der Waals surface area contributed by atoms with Gasteiger partial charge in [-0.05, 0) is 12.1 Å². The normalized spacial score (nSPS) is 13.9. The van der Waals surface area contributed by atoms with Crippen molar-refractivity contribution in [2.24, 2.45) is 0 Å². The number of hydrogen-bond donors (Lipinski definition) is 1. The minimum absolute atomic E-state index is 0.0643. The molecule has 1 N–H and O–H groups in total. The second-order valence-corrected chi connectivity index (χ2v) is 4.14. The molecule has 0 radical (unpaired) electrons. The molecule has 5 nitrogen and oxygen atoms in total. The van der Waals surface area contributed by atoms with E-state index in [-0.39, 0.29) is 11.1 Å². The van der Waals surface area contributed by atoms with Gasteiger partial charge in [-0.3, -0.25) is 4.79 Å². The molecular weight excluding hydrogens is 291 g/mol. The number of carbonyl (C=O) groups is 2. The Morgan fingerprint density at radius 3 is 2.48 bits per heavy atom. The molecule has 0 aliphatic carbocycles. The lowest BCUT2D eigenvalue weighted by molar-refractivity contribution is -0.260. The number of hydrogen-bond acceptors (Lipinski definition) is 5. The number of carbonyl (C=O) groups excluding carboxylic acids is 2. The van der Waals surface area contributed by atoms with E-state index >= 15 is 0 Å². The lowest BCUT2D eigenvalue weighted by Crippen LogP contribution is -2.54. The summed E-state index contributed by atoms with van der Waals surface area (Å²) in [7, 11) is 0.666. The molecular formula is C13H10F3NO4. The molecule has 0 aliphatic heterocycles. The van der Waals surface area contributed by atoms with E-state index in [0.717, 1.165) is 6.07 Å². The van der Waals surface area contributed by atoms with E-state index in [9.17, 15) is 27.9 Å². The second kappa shape index (κ2) is 5.93. The number of aliphatic hydroxyl groups is 1. The molecule has 0 heterocycles. The summed E-state index contributed by atoms with van der Waals surface area (Å²) < 4.78 is 42.3. The molecule has 0 bridgehead atoms. The highest BCUT2D eigenvalue weighted by atomic mass is 19.4. The summed E-state index contributed by atoms with van der Waals surface area (Å²) in [6, 6.07) is 6.62. The highest BCUT2D eigenvalue weighted by Crippen LogP contribution is 2.35. The third-order valence-electron chi connectivity index (χ3n) is 2.72. The molecule has 21 heavy (non-hydrogen) atoms. The van der Waals surface area contributed by atoms with Crippen LogP contribution in [0, 0.1) is 11.3 Å². The Morgan fingerprint density at radius 2 is 2.00 bits per heavy atom. The zero-order chi connectivity index (χ0) is 16.3. The predicted molar refractivity (Wildman–Crippen MR) is 63.1 cm³/mol. The molecule has 0 fully saturated rings. The van der Waals surface area contributed by atoms with Gasteiger partial charge in [-0.15, -0.1) is 0 Å². The van der Waals surface area contributed by atoms with E-state index < -0.39 is 30.0 Å². The van der Waals surface area contributed by atoms with Gasteiger partial charge in [-0.25, -0.2) is 4.79 Å². The van der Waals surface area contributed by atoms with Crippen LogP contribution in [0.1, 0.15) is 22.3 Å². The molecule has 0 saturated heterocycles. The van der Waals surface area contributed by atoms with E-state index in [1.165, 1.54) is 18.2 Å². The van der Waals surface area contributed by atoms with Crippen LogP contribution in [0.25, 0.3) is 0 Å². The molecule has 1 aromatic carbocycles. The van der Waals surface area contributed by atoms with Crippen molar-refractivity contribution in [1.29, 1.82) is 5.26 Å². The molecule has 1 rings (SSSR count). The van der Waals surface area contributed by atoms with Crippen LogP contribution in [-0.4, -0.2) is 35.7 Å². The third kappa shape index (κ3) is 3.38. The first-order chi connectivity index (χ1) is 9.65. The average Bonchev–Trinajstić information content (AvgIpc) is 2.44. The number of benzene rings is 1. The number of nitrogens with zero attached hydrogens (tertiary/aromatic N) is 1. The lowest BCUT2D eigenvalue weighted by atomic mass is 9.92. The maximum absolute atomic E-state index is 12.8. The zero-order valence-corrected chi connectivity index (χ0v) is 10.8. The fourth-order valence-electron chi connectivity index (χ4n) is 1.55. The Kier molecular flexibility index (Phi) is 4.70. The minimum Gasteiger partial charge on any atom is -0.467 e. The second-order valence-electron chi connectivity index (χ2n) is 4.14. The minimum atomic E-state index is -5.37. The van der Waals surface area contributed by atoms with E-state index in [4.69, 9.17) is 5.26 Å². The Balaban J connectivity index is 3.13. The number of halogens is 3. The third-order valence-corrected chi connectivity index (χ3v) is 2.72. The first kappa shape index (κ1) is 16.7. The monoisotopic (exact) mass is 301 g/mol. The number of rotatable bonds is 4. The summed E-state index contributed by atoms with van der Waals surface area (Å²) in [4.78, 5) is 23.0. The van der Waals surface area contributed by atoms with Gasteiger partial charge in [0.25, 0.3) is 5.60 Å². The quantitative estimate of drug-likeness (QED) is 0.674. The SMILES string of the molecule is COC(=O)[C@](O)(CC(=O)c1cccc(C#N)c1)C(F)(F)F. The van der Waals surface area contributed by atoms with Gasteiger partial charge < -0.3 is 9.84 Å². The van der Waals surface area contributed by atoms with Crippen LogP contribution in [0.4, 0.5) is 13.2 Å². The van der Waals surface area contributed by atoms with Crippen molar-refractivity contribution in [1.82, 2.24) is 0 Å². The number of methoxy groups -OCH3 is 1. The summed E-state index contributed by atoms with van der Waals surface area (Å²) in [5, 5.41) is 18.2. The van der Waals surface area contributed by atoms with Crippen LogP contribution < -0.4 is 0 Å². The summed E-state index contributed by atoms with van der Waals surface area (Å²) in [6.07, 6.45) is -6.90. The van der Waals surface area contributed by atoms with Crippen LogP contribution in [0.5, 0.6) is 0 Å². The molecule has 0 amide bonds. The van der Waals surface area contributed by atoms with E-state index in [2.05, 4.69) is 4.74 Å². The number of esters is 1. The van der Waals surface area contributed by atoms with E-state index in [1.54, 1.807) is 6.07 Å². The van der Waals surface area contributed by atoms with Gasteiger partial charge >= 0.3 is 12.1 Å². The number of nitriles is 1. The maximum Gasteiger partial charge on any atom is 0.428 e. The summed E-state index contributed by atoms with van der Waals surface area (Å²) >= 11 is 0. The predicted octanol–water partition coefficient (Wildman–Crippen LogP) is 1.60. The Morgan fingerprint density at radius 1 is 1.38 bits per heavy atom. The Labute approximate surface area is 117 Å². The summed E-state index contributed by atoms with van der Waals surface area (Å²) in [5.41, 5.74) is -4.09. The molecule has 1 aromatic rings. The van der Waals surface area contributed by atoms with Crippen molar-refractivity contribution in [2.75, 3.05) is 7.11 Å². The van der Waals surface area contributed by atoms with Gasteiger partial charge in [-0.1, -0.05) is 12.1 Å². The number of Topliss-reactive ketones (excluding diaryl/α,β-unsaturated/α-hetero) is 1. The van der Waals surface area contributed by atoms with Gasteiger partial charge in [0, 0.05) is 5.56 Å². The number of alkyl halides is 3. The van der Waals surface area contributed by atoms with Crippen molar-refractivity contribution < 1.29 is 32.6 Å². The molecule has 0 aromatic heterocycles. The molecule has 112 valence electrons. The molecule has 8 heteroatoms. The van der Waals surface area contributed by atoms with Crippen LogP contribution in [-0.2, 0) is 9.53 Å². The average molecular weight is 301 g/mol. The molecule has 1 atom stereocenters. The lowest BCUT2D eigenvalue weighted by Gasteiger charge is -2.26. The molecule has 0 spiro atoms. The van der Waals surface area contributed by atoms with Crippen LogP contribution >= 0.6 is 0 Å². The van der Waals surface area contributed by atoms with Crippen molar-refractivity contribution in [3.05, 3.63) is 35.4 Å². The summed E-state index contributed by atoms with van der Waals surface area (Å²) in [6.45, 7) is 0. The van der Waals surface area contributed by atoms with Gasteiger partial charge in [0.1, 0.15) is 0 Å². The maximum atomic E-state index is 12.8. The topological polar surface area (TPSA) is 87.4 Å². The van der Waals surface area contributed by atoms with Crippen molar-refractivity contribution in [3.63, 3.8) is 0 Å². The van der Waals surface area contributed by atoms with E-state index in [0.29, 0.717) is 7.11 Å². The molecule has 0 saturated carbocycles. The highest BCUT2D eigenvalue weighted by molar-refractivity contribution is 6.00. The highest BCUT2D eigenvalue weighted by Gasteiger charge is 2.61. The van der Waals surface area contributed by atoms with Crippen molar-refractivity contribution in [2.45, 2.75) is 18.2 Å². The summed E-state index contributed by atoms with van der Waals surface area (Å²) in [5.74, 6) is -3.11. The first-order valence-electron chi connectivity index (χ1n) is 5.56. The van der Waals surface area contributed by atoms with Gasteiger partial charge in [0.05, 0.1) is 25.2 Å². The number of ether oxygens (including phenoxy) is 1. The standard InChI is InChI=1S/C13H10F3NO4/c1-21-11(19)12(20,13(14,15)16)6-10(18)9-4-2-3-8(5-9)7-17/h2-5,20H,6H2,1H3/t12-/m1/s1.